The number of aliphatic carboxylic acids is 1. The fraction of sp³-hybridized carbons (Fsp3) is 0.154. The quantitative estimate of drug-likeness (QED) is 0.570. The fourth-order valence-corrected chi connectivity index (χ4v) is 2.25. The molecule has 0 aromatic carbocycles. The summed E-state index contributed by atoms with van der Waals surface area (Å²) in [5.41, 5.74) is 6.63. The number of carbonyl (C=O) groups is 1. The van der Waals surface area contributed by atoms with Crippen LogP contribution in [-0.2, 0) is 4.79 Å². The van der Waals surface area contributed by atoms with Crippen molar-refractivity contribution < 1.29 is 14.3 Å². The van der Waals surface area contributed by atoms with Crippen LogP contribution in [0.15, 0.2) is 29.0 Å². The van der Waals surface area contributed by atoms with Crippen LogP contribution in [0.25, 0.3) is 28.3 Å². The molecule has 4 aromatic heterocycles. The zero-order chi connectivity index (χ0) is 16.1. The van der Waals surface area contributed by atoms with Crippen molar-refractivity contribution in [3.63, 3.8) is 0 Å². The lowest BCUT2D eigenvalue weighted by Crippen LogP contribution is -2.15. The van der Waals surface area contributed by atoms with Gasteiger partial charge < -0.3 is 15.3 Å². The van der Waals surface area contributed by atoms with E-state index in [0.29, 0.717) is 28.3 Å². The minimum absolute atomic E-state index is 0.103. The molecule has 0 aliphatic heterocycles. The topological polar surface area (TPSA) is 137 Å². The van der Waals surface area contributed by atoms with Crippen molar-refractivity contribution in [1.29, 1.82) is 0 Å². The lowest BCUT2D eigenvalue weighted by atomic mass is 10.3. The van der Waals surface area contributed by atoms with Crippen molar-refractivity contribution in [1.82, 2.24) is 29.4 Å². The van der Waals surface area contributed by atoms with Crippen molar-refractivity contribution in [3.05, 3.63) is 24.6 Å². The lowest BCUT2D eigenvalue weighted by Gasteiger charge is -2.04. The monoisotopic (exact) mass is 313 g/mol. The van der Waals surface area contributed by atoms with Crippen molar-refractivity contribution in [2.24, 2.45) is 0 Å². The summed E-state index contributed by atoms with van der Waals surface area (Å²) in [6.45, 7) is 1.52. The molecule has 10 heteroatoms. The number of furan rings is 1. The maximum Gasteiger partial charge on any atom is 0.328 e. The summed E-state index contributed by atoms with van der Waals surface area (Å²) in [4.78, 5) is 19.7. The molecule has 0 amide bonds. The van der Waals surface area contributed by atoms with Crippen LogP contribution in [0.2, 0.25) is 0 Å². The van der Waals surface area contributed by atoms with Gasteiger partial charge in [-0.2, -0.15) is 14.6 Å². The van der Waals surface area contributed by atoms with Crippen LogP contribution in [0.5, 0.6) is 0 Å². The number of hydrogen-bond donors (Lipinski definition) is 2. The summed E-state index contributed by atoms with van der Waals surface area (Å²) >= 11 is 0. The molecule has 4 aromatic rings. The van der Waals surface area contributed by atoms with Crippen LogP contribution in [0.3, 0.4) is 0 Å². The summed E-state index contributed by atoms with van der Waals surface area (Å²) in [5, 5.41) is 18.1. The van der Waals surface area contributed by atoms with E-state index in [1.165, 1.54) is 22.4 Å². The molecular weight excluding hydrogens is 302 g/mol. The number of hydrogen-bond acceptors (Lipinski definition) is 7. The third-order valence-electron chi connectivity index (χ3n) is 3.49. The van der Waals surface area contributed by atoms with Crippen molar-refractivity contribution >= 4 is 28.6 Å². The Bertz CT molecular complexity index is 1030. The first-order chi connectivity index (χ1) is 11.0. The highest BCUT2D eigenvalue weighted by Gasteiger charge is 2.20. The van der Waals surface area contributed by atoms with Gasteiger partial charge in [0.15, 0.2) is 17.1 Å². The van der Waals surface area contributed by atoms with Gasteiger partial charge in [0, 0.05) is 6.20 Å². The van der Waals surface area contributed by atoms with Gasteiger partial charge in [-0.05, 0) is 19.1 Å². The summed E-state index contributed by atoms with van der Waals surface area (Å²) in [5.74, 6) is -0.0480. The average molecular weight is 313 g/mol. The van der Waals surface area contributed by atoms with Crippen LogP contribution < -0.4 is 5.73 Å². The van der Waals surface area contributed by atoms with E-state index >= 15 is 0 Å². The predicted octanol–water partition coefficient (Wildman–Crippen LogP) is 0.962. The maximum absolute atomic E-state index is 11.1. The summed E-state index contributed by atoms with van der Waals surface area (Å²) < 4.78 is 7.96. The van der Waals surface area contributed by atoms with Crippen molar-refractivity contribution in [2.45, 2.75) is 13.0 Å². The molecule has 0 saturated carbocycles. The molecule has 116 valence electrons. The number of carboxylic acids is 1. The van der Waals surface area contributed by atoms with Gasteiger partial charge in [-0.1, -0.05) is 0 Å². The Hall–Kier alpha value is -3.43. The number of anilines is 1. The number of nitrogens with zero attached hydrogens (tertiary/aromatic N) is 6. The van der Waals surface area contributed by atoms with Gasteiger partial charge in [-0.15, -0.1) is 5.10 Å². The molecule has 1 unspecified atom stereocenters. The predicted molar refractivity (Wildman–Crippen MR) is 78.5 cm³/mol. The Morgan fingerprint density at radius 3 is 2.91 bits per heavy atom. The zero-order valence-corrected chi connectivity index (χ0v) is 11.9. The molecule has 23 heavy (non-hydrogen) atoms. The van der Waals surface area contributed by atoms with E-state index in [0.717, 1.165) is 0 Å². The highest BCUT2D eigenvalue weighted by Crippen LogP contribution is 2.23. The van der Waals surface area contributed by atoms with Gasteiger partial charge in [0.05, 0.1) is 11.6 Å². The van der Waals surface area contributed by atoms with Crippen LogP contribution >= 0.6 is 0 Å². The Labute approximate surface area is 128 Å². The third-order valence-corrected chi connectivity index (χ3v) is 3.49. The molecule has 0 radical (unpaired) electrons. The highest BCUT2D eigenvalue weighted by molar-refractivity contribution is 5.90. The molecule has 1 atom stereocenters. The number of carboxylic acid groups (broad SMARTS) is 1. The number of aromatic nitrogens is 6. The first-order valence-electron chi connectivity index (χ1n) is 6.72. The standard InChI is InChI=1S/C13H11N7O3/c1-6(12(21)22)19-5-7-9(17-19)16-13(14)20-11(7)15-10(18-20)8-3-2-4-23-8/h2-6H,1H3,(H,21,22)(H2,14,16,17). The molecule has 3 N–H and O–H groups in total. The largest absolute Gasteiger partial charge is 0.480 e. The maximum atomic E-state index is 11.1. The normalized spacial score (nSPS) is 12.9. The van der Waals surface area contributed by atoms with E-state index in [1.807, 2.05) is 0 Å². The lowest BCUT2D eigenvalue weighted by molar-refractivity contribution is -0.140. The van der Waals surface area contributed by atoms with Crippen LogP contribution in [0.1, 0.15) is 13.0 Å². The molecule has 0 bridgehead atoms. The number of nitrogen functional groups attached to an aromatic ring is 1. The Morgan fingerprint density at radius 2 is 2.22 bits per heavy atom. The van der Waals surface area contributed by atoms with Gasteiger partial charge in [-0.25, -0.2) is 9.78 Å². The first kappa shape index (κ1) is 13.2. The van der Waals surface area contributed by atoms with Crippen molar-refractivity contribution in [2.75, 3.05) is 5.73 Å². The van der Waals surface area contributed by atoms with E-state index in [-0.39, 0.29) is 5.95 Å². The van der Waals surface area contributed by atoms with Gasteiger partial charge in [0.25, 0.3) is 0 Å². The Balaban J connectivity index is 1.98. The smallest absolute Gasteiger partial charge is 0.328 e. The molecule has 0 aliphatic carbocycles. The number of fused-ring (bicyclic) bond motifs is 3. The van der Waals surface area contributed by atoms with E-state index < -0.39 is 12.0 Å². The Kier molecular flexibility index (Phi) is 2.61. The second kappa shape index (κ2) is 4.53. The Morgan fingerprint density at radius 1 is 1.39 bits per heavy atom. The minimum atomic E-state index is -1.00. The summed E-state index contributed by atoms with van der Waals surface area (Å²) in [7, 11) is 0. The van der Waals surface area contributed by atoms with Crippen LogP contribution in [0, 0.1) is 0 Å². The van der Waals surface area contributed by atoms with Crippen LogP contribution in [-0.4, -0.2) is 40.4 Å². The first-order valence-corrected chi connectivity index (χ1v) is 6.72. The SMILES string of the molecule is CC(C(=O)O)n1cc2c(nc(N)n3nc(-c4ccco4)nc23)n1. The van der Waals surface area contributed by atoms with E-state index in [2.05, 4.69) is 20.2 Å². The zero-order valence-electron chi connectivity index (χ0n) is 11.9. The molecule has 10 nitrogen and oxygen atoms in total. The molecular formula is C13H11N7O3. The summed E-state index contributed by atoms with van der Waals surface area (Å²) in [6.07, 6.45) is 3.08. The van der Waals surface area contributed by atoms with Gasteiger partial charge in [0.1, 0.15) is 6.04 Å². The molecule has 0 fully saturated rings. The molecule has 0 spiro atoms. The van der Waals surface area contributed by atoms with E-state index in [1.54, 1.807) is 18.3 Å². The molecule has 4 rings (SSSR count). The molecule has 0 aliphatic rings. The van der Waals surface area contributed by atoms with Crippen LogP contribution in [0.4, 0.5) is 5.95 Å². The van der Waals surface area contributed by atoms with Gasteiger partial charge >= 0.3 is 5.97 Å². The fourth-order valence-electron chi connectivity index (χ4n) is 2.25. The second-order valence-electron chi connectivity index (χ2n) is 4.98. The van der Waals surface area contributed by atoms with Crippen molar-refractivity contribution in [3.8, 4) is 11.6 Å². The number of rotatable bonds is 3. The summed E-state index contributed by atoms with van der Waals surface area (Å²) in [6, 6.07) is 2.62. The van der Waals surface area contributed by atoms with Gasteiger partial charge in [-0.3, -0.25) is 4.68 Å². The molecule has 4 heterocycles. The third kappa shape index (κ3) is 1.92. The molecule has 0 saturated heterocycles. The van der Waals surface area contributed by atoms with E-state index in [9.17, 15) is 4.79 Å². The highest BCUT2D eigenvalue weighted by atomic mass is 16.4. The number of nitrogens with two attached hydrogens (primary N) is 1. The second-order valence-corrected chi connectivity index (χ2v) is 4.98. The van der Waals surface area contributed by atoms with E-state index in [4.69, 9.17) is 15.3 Å². The average Bonchev–Trinajstić information content (AvgIpc) is 3.23. The minimum Gasteiger partial charge on any atom is -0.480 e. The van der Waals surface area contributed by atoms with Gasteiger partial charge in [0.2, 0.25) is 11.8 Å².